The Balaban J connectivity index is 3.05. The Morgan fingerprint density at radius 2 is 2.13 bits per heavy atom. The Bertz CT molecular complexity index is 388. The van der Waals surface area contributed by atoms with Crippen molar-refractivity contribution in [2.24, 2.45) is 0 Å². The first-order chi connectivity index (χ1) is 6.93. The fraction of sp³-hybridized carbons (Fsp3) is 0.364. The molecule has 0 aromatic heterocycles. The first-order valence-electron chi connectivity index (χ1n) is 4.63. The molecule has 15 heavy (non-hydrogen) atoms. The molecule has 1 atom stereocenters. The number of phenolic OH excluding ortho intramolecular Hbond substituents is 1. The van der Waals surface area contributed by atoms with Gasteiger partial charge < -0.3 is 10.2 Å². The number of hydrogen-bond donors (Lipinski definition) is 2. The lowest BCUT2D eigenvalue weighted by atomic mass is 9.94. The maximum Gasteiger partial charge on any atom is 0.303 e. The molecule has 1 rings (SSSR count). The third-order valence-electron chi connectivity index (χ3n) is 2.42. The van der Waals surface area contributed by atoms with Crippen LogP contribution < -0.4 is 0 Å². The molecule has 0 radical (unpaired) electrons. The minimum Gasteiger partial charge on any atom is -0.507 e. The van der Waals surface area contributed by atoms with Crippen LogP contribution in [0, 0.1) is 6.92 Å². The Morgan fingerprint density at radius 1 is 1.53 bits per heavy atom. The van der Waals surface area contributed by atoms with Gasteiger partial charge in [-0.2, -0.15) is 0 Å². The predicted octanol–water partition coefficient (Wildman–Crippen LogP) is 3.04. The molecule has 0 heterocycles. The number of carboxylic acids is 1. The molecule has 0 spiro atoms. The van der Waals surface area contributed by atoms with Crippen LogP contribution in [-0.4, -0.2) is 16.2 Å². The van der Waals surface area contributed by atoms with Gasteiger partial charge in [-0.3, -0.25) is 4.79 Å². The van der Waals surface area contributed by atoms with E-state index in [4.69, 9.17) is 5.11 Å². The number of rotatable bonds is 3. The summed E-state index contributed by atoms with van der Waals surface area (Å²) in [6.07, 6.45) is 0.0953. The molecule has 1 unspecified atom stereocenters. The summed E-state index contributed by atoms with van der Waals surface area (Å²) in [6, 6.07) is 3.34. The molecule has 0 bridgehead atoms. The zero-order valence-corrected chi connectivity index (χ0v) is 10.2. The zero-order chi connectivity index (χ0) is 11.6. The molecule has 0 saturated heterocycles. The van der Waals surface area contributed by atoms with Gasteiger partial charge in [-0.05, 0) is 46.0 Å². The summed E-state index contributed by atoms with van der Waals surface area (Å²) < 4.78 is 0.636. The van der Waals surface area contributed by atoms with E-state index in [1.54, 1.807) is 12.1 Å². The first kappa shape index (κ1) is 12.0. The molecule has 1 aromatic rings. The van der Waals surface area contributed by atoms with Crippen molar-refractivity contribution < 1.29 is 15.0 Å². The zero-order valence-electron chi connectivity index (χ0n) is 8.62. The predicted molar refractivity (Wildman–Crippen MR) is 61.2 cm³/mol. The number of halogens is 1. The maximum atomic E-state index is 10.6. The van der Waals surface area contributed by atoms with Crippen molar-refractivity contribution in [2.75, 3.05) is 0 Å². The van der Waals surface area contributed by atoms with Crippen LogP contribution >= 0.6 is 15.9 Å². The molecular formula is C11H13BrO3. The lowest BCUT2D eigenvalue weighted by Crippen LogP contribution is -2.04. The van der Waals surface area contributed by atoms with E-state index in [1.165, 1.54) is 0 Å². The van der Waals surface area contributed by atoms with Crippen LogP contribution in [0.4, 0.5) is 0 Å². The van der Waals surface area contributed by atoms with E-state index in [1.807, 2.05) is 13.8 Å². The van der Waals surface area contributed by atoms with Crippen LogP contribution in [0.2, 0.25) is 0 Å². The van der Waals surface area contributed by atoms with Crippen LogP contribution in [0.15, 0.2) is 16.6 Å². The Labute approximate surface area is 96.9 Å². The molecule has 0 aliphatic heterocycles. The van der Waals surface area contributed by atoms with Gasteiger partial charge in [-0.25, -0.2) is 0 Å². The molecule has 1 aromatic carbocycles. The minimum absolute atomic E-state index is 0.0561. The van der Waals surface area contributed by atoms with Crippen LogP contribution in [0.5, 0.6) is 5.75 Å². The molecule has 0 fully saturated rings. The van der Waals surface area contributed by atoms with Crippen molar-refractivity contribution in [3.05, 3.63) is 27.7 Å². The lowest BCUT2D eigenvalue weighted by molar-refractivity contribution is -0.137. The smallest absolute Gasteiger partial charge is 0.303 e. The highest BCUT2D eigenvalue weighted by atomic mass is 79.9. The lowest BCUT2D eigenvalue weighted by Gasteiger charge is -2.14. The molecule has 4 heteroatoms. The molecule has 0 amide bonds. The summed E-state index contributed by atoms with van der Waals surface area (Å²) in [6.45, 7) is 3.72. The number of aromatic hydroxyl groups is 1. The van der Waals surface area contributed by atoms with Crippen molar-refractivity contribution in [3.63, 3.8) is 0 Å². The first-order valence-corrected chi connectivity index (χ1v) is 5.42. The highest BCUT2D eigenvalue weighted by molar-refractivity contribution is 9.10. The normalized spacial score (nSPS) is 12.5. The number of hydrogen-bond acceptors (Lipinski definition) is 2. The summed E-state index contributed by atoms with van der Waals surface area (Å²) in [5.74, 6) is -0.690. The highest BCUT2D eigenvalue weighted by Gasteiger charge is 2.15. The second-order valence-corrected chi connectivity index (χ2v) is 4.40. The summed E-state index contributed by atoms with van der Waals surface area (Å²) in [7, 11) is 0. The monoisotopic (exact) mass is 272 g/mol. The Kier molecular flexibility index (Phi) is 3.74. The number of benzene rings is 1. The third-order valence-corrected chi connectivity index (χ3v) is 3.42. The van der Waals surface area contributed by atoms with Gasteiger partial charge in [0, 0.05) is 0 Å². The second kappa shape index (κ2) is 4.66. The maximum absolute atomic E-state index is 10.6. The van der Waals surface area contributed by atoms with E-state index < -0.39 is 5.97 Å². The van der Waals surface area contributed by atoms with Crippen molar-refractivity contribution in [1.82, 2.24) is 0 Å². The van der Waals surface area contributed by atoms with Crippen molar-refractivity contribution in [2.45, 2.75) is 26.2 Å². The van der Waals surface area contributed by atoms with E-state index in [0.717, 1.165) is 11.1 Å². The van der Waals surface area contributed by atoms with Gasteiger partial charge in [0.15, 0.2) is 0 Å². The van der Waals surface area contributed by atoms with Gasteiger partial charge >= 0.3 is 5.97 Å². The molecule has 3 nitrogen and oxygen atoms in total. The molecule has 82 valence electrons. The number of carbonyl (C=O) groups is 1. The van der Waals surface area contributed by atoms with E-state index in [0.29, 0.717) is 4.47 Å². The van der Waals surface area contributed by atoms with E-state index in [-0.39, 0.29) is 18.1 Å². The van der Waals surface area contributed by atoms with Gasteiger partial charge in [-0.1, -0.05) is 13.0 Å². The largest absolute Gasteiger partial charge is 0.507 e. The highest BCUT2D eigenvalue weighted by Crippen LogP contribution is 2.33. The third kappa shape index (κ3) is 2.72. The van der Waals surface area contributed by atoms with Crippen LogP contribution in [0.1, 0.15) is 30.4 Å². The molecule has 0 aliphatic carbocycles. The molecule has 2 N–H and O–H groups in total. The van der Waals surface area contributed by atoms with Gasteiger partial charge in [-0.15, -0.1) is 0 Å². The quantitative estimate of drug-likeness (QED) is 0.889. The van der Waals surface area contributed by atoms with Crippen LogP contribution in [0.25, 0.3) is 0 Å². The fourth-order valence-corrected chi connectivity index (χ4v) is 1.95. The number of carboxylic acid groups (broad SMARTS) is 1. The van der Waals surface area contributed by atoms with Crippen molar-refractivity contribution in [3.8, 4) is 5.75 Å². The Hall–Kier alpha value is -1.03. The van der Waals surface area contributed by atoms with E-state index in [9.17, 15) is 9.90 Å². The average Bonchev–Trinajstić information content (AvgIpc) is 2.13. The standard InChI is InChI=1S/C11H13BrO3/c1-6(5-10(14)15)8-3-4-9(13)11(12)7(8)2/h3-4,6,13H,5H2,1-2H3,(H,14,15). The van der Waals surface area contributed by atoms with E-state index in [2.05, 4.69) is 15.9 Å². The van der Waals surface area contributed by atoms with E-state index >= 15 is 0 Å². The summed E-state index contributed by atoms with van der Waals surface area (Å²) in [4.78, 5) is 10.6. The topological polar surface area (TPSA) is 57.5 Å². The summed E-state index contributed by atoms with van der Waals surface area (Å²) in [5.41, 5.74) is 1.84. The number of phenols is 1. The molecular weight excluding hydrogens is 260 g/mol. The minimum atomic E-state index is -0.814. The van der Waals surface area contributed by atoms with Gasteiger partial charge in [0.25, 0.3) is 0 Å². The van der Waals surface area contributed by atoms with Crippen molar-refractivity contribution >= 4 is 21.9 Å². The summed E-state index contributed by atoms with van der Waals surface area (Å²) in [5, 5.41) is 18.1. The fourth-order valence-electron chi connectivity index (χ4n) is 1.59. The van der Waals surface area contributed by atoms with Crippen LogP contribution in [-0.2, 0) is 4.79 Å². The van der Waals surface area contributed by atoms with Gasteiger partial charge in [0.2, 0.25) is 0 Å². The SMILES string of the molecule is Cc1c(C(C)CC(=O)O)ccc(O)c1Br. The van der Waals surface area contributed by atoms with Crippen LogP contribution in [0.3, 0.4) is 0 Å². The second-order valence-electron chi connectivity index (χ2n) is 3.61. The van der Waals surface area contributed by atoms with Gasteiger partial charge in [0.1, 0.15) is 5.75 Å². The van der Waals surface area contributed by atoms with Crippen molar-refractivity contribution in [1.29, 1.82) is 0 Å². The average molecular weight is 273 g/mol. The Morgan fingerprint density at radius 3 is 2.67 bits per heavy atom. The summed E-state index contributed by atoms with van der Waals surface area (Å²) >= 11 is 3.27. The molecule has 0 saturated carbocycles. The molecule has 0 aliphatic rings. The van der Waals surface area contributed by atoms with Gasteiger partial charge in [0.05, 0.1) is 10.9 Å². The number of aliphatic carboxylic acids is 1.